The maximum Gasteiger partial charge on any atom is 0.338 e. The Balaban J connectivity index is 1.68. The van der Waals surface area contributed by atoms with Gasteiger partial charge in [0.1, 0.15) is 5.75 Å². The van der Waals surface area contributed by atoms with Crippen molar-refractivity contribution in [2.75, 3.05) is 19.0 Å². The summed E-state index contributed by atoms with van der Waals surface area (Å²) in [5, 5.41) is 2.69. The van der Waals surface area contributed by atoms with Crippen LogP contribution in [0.5, 0.6) is 5.75 Å². The number of para-hydroxylation sites is 1. The van der Waals surface area contributed by atoms with Gasteiger partial charge in [0, 0.05) is 5.69 Å². The van der Waals surface area contributed by atoms with Gasteiger partial charge in [-0.15, -0.1) is 0 Å². The number of hydrogen-bond donors (Lipinski definition) is 1. The summed E-state index contributed by atoms with van der Waals surface area (Å²) in [7, 11) is 1.46. The lowest BCUT2D eigenvalue weighted by Crippen LogP contribution is -2.16. The van der Waals surface area contributed by atoms with E-state index in [9.17, 15) is 14.4 Å². The molecular formula is C22H19NO6. The molecule has 0 radical (unpaired) electrons. The number of aryl methyl sites for hydroxylation is 1. The Labute approximate surface area is 167 Å². The summed E-state index contributed by atoms with van der Waals surface area (Å²) < 4.78 is 15.3. The van der Waals surface area contributed by atoms with Crippen LogP contribution in [0.15, 0.2) is 65.3 Å². The topological polar surface area (TPSA) is 94.8 Å². The molecule has 3 rings (SSSR count). The number of nitrogens with one attached hydrogen (secondary N) is 1. The molecule has 29 heavy (non-hydrogen) atoms. The van der Waals surface area contributed by atoms with E-state index in [2.05, 4.69) is 5.32 Å². The third-order valence-electron chi connectivity index (χ3n) is 4.21. The van der Waals surface area contributed by atoms with E-state index in [0.29, 0.717) is 17.0 Å². The average Bonchev–Trinajstić information content (AvgIpc) is 3.28. The quantitative estimate of drug-likeness (QED) is 0.483. The smallest absolute Gasteiger partial charge is 0.338 e. The molecule has 0 unspecified atom stereocenters. The molecule has 7 heteroatoms. The second kappa shape index (κ2) is 8.88. The van der Waals surface area contributed by atoms with Crippen LogP contribution in [0.3, 0.4) is 0 Å². The number of amides is 1. The van der Waals surface area contributed by atoms with Crippen LogP contribution in [-0.4, -0.2) is 31.4 Å². The molecule has 148 valence electrons. The predicted octanol–water partition coefficient (Wildman–Crippen LogP) is 3.89. The van der Waals surface area contributed by atoms with E-state index in [1.54, 1.807) is 49.4 Å². The first-order chi connectivity index (χ1) is 14.0. The summed E-state index contributed by atoms with van der Waals surface area (Å²) in [6, 6.07) is 14.6. The number of esters is 1. The summed E-state index contributed by atoms with van der Waals surface area (Å²) in [4.78, 5) is 36.9. The van der Waals surface area contributed by atoms with Gasteiger partial charge in [-0.1, -0.05) is 18.2 Å². The zero-order valence-electron chi connectivity index (χ0n) is 15.9. The largest absolute Gasteiger partial charge is 0.496 e. The van der Waals surface area contributed by atoms with Crippen molar-refractivity contribution < 1.29 is 28.3 Å². The normalized spacial score (nSPS) is 10.3. The number of carbonyl (C=O) groups is 3. The van der Waals surface area contributed by atoms with Gasteiger partial charge in [0.05, 0.1) is 24.5 Å². The highest BCUT2D eigenvalue weighted by Gasteiger charge is 2.17. The number of benzene rings is 2. The molecule has 1 aromatic heterocycles. The highest BCUT2D eigenvalue weighted by molar-refractivity contribution is 6.04. The van der Waals surface area contributed by atoms with Crippen LogP contribution in [0, 0.1) is 6.92 Å². The summed E-state index contributed by atoms with van der Waals surface area (Å²) in [5.74, 6) is -0.933. The molecule has 1 N–H and O–H groups in total. The van der Waals surface area contributed by atoms with Crippen molar-refractivity contribution in [3.05, 3.63) is 83.3 Å². The zero-order valence-corrected chi connectivity index (χ0v) is 15.9. The standard InChI is InChI=1S/C22H19NO6/c1-14-9-10-15(12-17(14)23-21(25)20-8-5-11-28-20)22(26)29-13-18(24)16-6-3-4-7-19(16)27-2/h3-12H,13H2,1-2H3,(H,23,25). The molecule has 1 heterocycles. The van der Waals surface area contributed by atoms with E-state index >= 15 is 0 Å². The number of ketones is 1. The number of ether oxygens (including phenoxy) is 2. The molecule has 0 aliphatic carbocycles. The van der Waals surface area contributed by atoms with Crippen LogP contribution in [0.1, 0.15) is 36.8 Å². The number of furan rings is 1. The fraction of sp³-hybridized carbons (Fsp3) is 0.136. The lowest BCUT2D eigenvalue weighted by Gasteiger charge is -2.10. The van der Waals surface area contributed by atoms with Gasteiger partial charge in [0.15, 0.2) is 12.4 Å². The minimum absolute atomic E-state index is 0.153. The number of methoxy groups -OCH3 is 1. The number of rotatable bonds is 7. The molecule has 0 bridgehead atoms. The maximum absolute atomic E-state index is 12.4. The molecule has 2 aromatic carbocycles. The number of anilines is 1. The average molecular weight is 393 g/mol. The van der Waals surface area contributed by atoms with Crippen molar-refractivity contribution in [1.82, 2.24) is 0 Å². The Morgan fingerprint density at radius 2 is 1.83 bits per heavy atom. The van der Waals surface area contributed by atoms with E-state index < -0.39 is 18.5 Å². The molecule has 0 spiro atoms. The highest BCUT2D eigenvalue weighted by Crippen LogP contribution is 2.20. The fourth-order valence-corrected chi connectivity index (χ4v) is 2.64. The van der Waals surface area contributed by atoms with Gasteiger partial charge in [-0.05, 0) is 48.9 Å². The van der Waals surface area contributed by atoms with Gasteiger partial charge in [-0.3, -0.25) is 9.59 Å². The Hall–Kier alpha value is -3.87. The van der Waals surface area contributed by atoms with Crippen molar-refractivity contribution in [2.45, 2.75) is 6.92 Å². The van der Waals surface area contributed by atoms with Crippen molar-refractivity contribution in [1.29, 1.82) is 0 Å². The van der Waals surface area contributed by atoms with Gasteiger partial charge in [0.25, 0.3) is 5.91 Å². The van der Waals surface area contributed by atoms with E-state index in [1.807, 2.05) is 0 Å². The summed E-state index contributed by atoms with van der Waals surface area (Å²) >= 11 is 0. The van der Waals surface area contributed by atoms with E-state index in [0.717, 1.165) is 5.56 Å². The molecular weight excluding hydrogens is 374 g/mol. The van der Waals surface area contributed by atoms with Crippen LogP contribution in [0.4, 0.5) is 5.69 Å². The van der Waals surface area contributed by atoms with Crippen molar-refractivity contribution in [3.8, 4) is 5.75 Å². The zero-order chi connectivity index (χ0) is 20.8. The predicted molar refractivity (Wildman–Crippen MR) is 105 cm³/mol. The van der Waals surface area contributed by atoms with Gasteiger partial charge >= 0.3 is 5.97 Å². The van der Waals surface area contributed by atoms with Crippen LogP contribution in [0.25, 0.3) is 0 Å². The monoisotopic (exact) mass is 393 g/mol. The fourth-order valence-electron chi connectivity index (χ4n) is 2.64. The first-order valence-corrected chi connectivity index (χ1v) is 8.78. The molecule has 0 fully saturated rings. The second-order valence-electron chi connectivity index (χ2n) is 6.16. The molecule has 1 amide bonds. The summed E-state index contributed by atoms with van der Waals surface area (Å²) in [5.41, 5.74) is 1.74. The van der Waals surface area contributed by atoms with Crippen molar-refractivity contribution >= 4 is 23.3 Å². The van der Waals surface area contributed by atoms with Gasteiger partial charge in [0.2, 0.25) is 5.78 Å². The molecule has 0 aliphatic rings. The molecule has 0 aliphatic heterocycles. The van der Waals surface area contributed by atoms with Gasteiger partial charge in [-0.2, -0.15) is 0 Å². The van der Waals surface area contributed by atoms with E-state index in [1.165, 1.54) is 25.5 Å². The first-order valence-electron chi connectivity index (χ1n) is 8.78. The molecule has 3 aromatic rings. The van der Waals surface area contributed by atoms with Gasteiger partial charge < -0.3 is 19.2 Å². The highest BCUT2D eigenvalue weighted by atomic mass is 16.5. The minimum Gasteiger partial charge on any atom is -0.496 e. The third kappa shape index (κ3) is 4.70. The molecule has 7 nitrogen and oxygen atoms in total. The van der Waals surface area contributed by atoms with Crippen LogP contribution < -0.4 is 10.1 Å². The summed E-state index contributed by atoms with van der Waals surface area (Å²) in [6.07, 6.45) is 1.40. The maximum atomic E-state index is 12.4. The Bertz CT molecular complexity index is 1040. The van der Waals surface area contributed by atoms with E-state index in [4.69, 9.17) is 13.9 Å². The Morgan fingerprint density at radius 1 is 1.03 bits per heavy atom. The number of hydrogen-bond acceptors (Lipinski definition) is 6. The molecule has 0 saturated heterocycles. The SMILES string of the molecule is COc1ccccc1C(=O)COC(=O)c1ccc(C)c(NC(=O)c2ccco2)c1. The third-order valence-corrected chi connectivity index (χ3v) is 4.21. The lowest BCUT2D eigenvalue weighted by atomic mass is 10.1. The second-order valence-corrected chi connectivity index (χ2v) is 6.16. The number of Topliss-reactive ketones (excluding diaryl/α,β-unsaturated/α-hetero) is 1. The lowest BCUT2D eigenvalue weighted by molar-refractivity contribution is 0.0474. The van der Waals surface area contributed by atoms with Crippen LogP contribution in [0.2, 0.25) is 0 Å². The first kappa shape index (κ1) is 19.9. The van der Waals surface area contributed by atoms with Gasteiger partial charge in [-0.25, -0.2) is 4.79 Å². The molecule has 0 atom stereocenters. The Morgan fingerprint density at radius 3 is 2.55 bits per heavy atom. The van der Waals surface area contributed by atoms with Crippen LogP contribution in [-0.2, 0) is 4.74 Å². The van der Waals surface area contributed by atoms with Crippen molar-refractivity contribution in [3.63, 3.8) is 0 Å². The molecule has 0 saturated carbocycles. The van der Waals surface area contributed by atoms with Crippen molar-refractivity contribution in [2.24, 2.45) is 0 Å². The van der Waals surface area contributed by atoms with E-state index in [-0.39, 0.29) is 17.1 Å². The van der Waals surface area contributed by atoms with Crippen LogP contribution >= 0.6 is 0 Å². The summed E-state index contributed by atoms with van der Waals surface area (Å²) in [6.45, 7) is 1.36. The number of carbonyl (C=O) groups excluding carboxylic acids is 3. The Kier molecular flexibility index (Phi) is 6.09. The minimum atomic E-state index is -0.679.